The van der Waals surface area contributed by atoms with Gasteiger partial charge in [0.15, 0.2) is 0 Å². The van der Waals surface area contributed by atoms with Crippen LogP contribution in [0.2, 0.25) is 0 Å². The van der Waals surface area contributed by atoms with E-state index in [2.05, 4.69) is 9.97 Å². The normalized spacial score (nSPS) is 12.7. The molecule has 0 fully saturated rings. The molecule has 0 aliphatic carbocycles. The van der Waals surface area contributed by atoms with Gasteiger partial charge in [0.25, 0.3) is 11.8 Å². The molecular weight excluding hydrogens is 392 g/mol. The number of amides is 3. The summed E-state index contributed by atoms with van der Waals surface area (Å²) in [5.41, 5.74) is 3.57. The highest BCUT2D eigenvalue weighted by Crippen LogP contribution is 2.24. The van der Waals surface area contributed by atoms with Gasteiger partial charge >= 0.3 is 0 Å². The van der Waals surface area contributed by atoms with E-state index in [0.717, 1.165) is 21.6 Å². The van der Waals surface area contributed by atoms with Gasteiger partial charge in [-0.3, -0.25) is 29.3 Å². The number of carbonyl (C=O) groups is 3. The summed E-state index contributed by atoms with van der Waals surface area (Å²) in [6, 6.07) is 12.6. The van der Waals surface area contributed by atoms with E-state index in [1.54, 1.807) is 41.8 Å². The molecule has 3 heterocycles. The number of pyridine rings is 2. The number of aryl methyl sites for hydroxylation is 1. The molecule has 4 rings (SSSR count). The minimum atomic E-state index is -0.347. The summed E-state index contributed by atoms with van der Waals surface area (Å²) >= 11 is 0. The van der Waals surface area contributed by atoms with Crippen molar-refractivity contribution < 1.29 is 14.4 Å². The molecule has 7 nitrogen and oxygen atoms in total. The standard InChI is InChI=1S/C24H22N4O3/c1-17-4-5-20-21(13-17)24(31)28(23(20)30)12-8-22(29)27(15-18-6-10-25-11-7-18)16-19-3-2-9-26-14-19/h2-7,9-11,13-14H,8,12,15-16H2,1H3. The number of benzene rings is 1. The van der Waals surface area contributed by atoms with Crippen LogP contribution < -0.4 is 0 Å². The molecule has 1 aliphatic rings. The zero-order valence-electron chi connectivity index (χ0n) is 17.2. The molecule has 1 aromatic carbocycles. The second-order valence-electron chi connectivity index (χ2n) is 7.53. The molecule has 1 aliphatic heterocycles. The number of imide groups is 1. The topological polar surface area (TPSA) is 83.5 Å². The Labute approximate surface area is 180 Å². The van der Waals surface area contributed by atoms with Gasteiger partial charge < -0.3 is 4.90 Å². The Balaban J connectivity index is 1.47. The van der Waals surface area contributed by atoms with E-state index in [-0.39, 0.29) is 30.7 Å². The van der Waals surface area contributed by atoms with Crippen LogP contribution in [-0.4, -0.2) is 44.0 Å². The number of fused-ring (bicyclic) bond motifs is 1. The summed E-state index contributed by atoms with van der Waals surface area (Å²) < 4.78 is 0. The van der Waals surface area contributed by atoms with Crippen LogP contribution in [0.4, 0.5) is 0 Å². The first-order chi connectivity index (χ1) is 15.0. The average molecular weight is 414 g/mol. The van der Waals surface area contributed by atoms with E-state index < -0.39 is 0 Å². The monoisotopic (exact) mass is 414 g/mol. The Bertz CT molecular complexity index is 1070. The maximum Gasteiger partial charge on any atom is 0.261 e. The molecule has 31 heavy (non-hydrogen) atoms. The molecule has 2 aromatic heterocycles. The van der Waals surface area contributed by atoms with Crippen LogP contribution in [0.5, 0.6) is 0 Å². The molecule has 0 spiro atoms. The van der Waals surface area contributed by atoms with Crippen molar-refractivity contribution in [2.75, 3.05) is 6.54 Å². The van der Waals surface area contributed by atoms with E-state index >= 15 is 0 Å². The highest BCUT2D eigenvalue weighted by atomic mass is 16.2. The second-order valence-corrected chi connectivity index (χ2v) is 7.53. The molecule has 0 unspecified atom stereocenters. The first-order valence-electron chi connectivity index (χ1n) is 10.1. The van der Waals surface area contributed by atoms with Gasteiger partial charge in [-0.1, -0.05) is 17.7 Å². The Morgan fingerprint density at radius 2 is 1.65 bits per heavy atom. The summed E-state index contributed by atoms with van der Waals surface area (Å²) in [4.78, 5) is 49.4. The van der Waals surface area contributed by atoms with Gasteiger partial charge in [0, 0.05) is 50.8 Å². The lowest BCUT2D eigenvalue weighted by Gasteiger charge is -2.24. The molecule has 0 saturated carbocycles. The number of rotatable bonds is 7. The third-order valence-electron chi connectivity index (χ3n) is 5.25. The van der Waals surface area contributed by atoms with Gasteiger partial charge in [0.2, 0.25) is 5.91 Å². The Morgan fingerprint density at radius 3 is 2.39 bits per heavy atom. The maximum absolute atomic E-state index is 13.1. The van der Waals surface area contributed by atoms with Crippen molar-refractivity contribution in [2.24, 2.45) is 0 Å². The third kappa shape index (κ3) is 4.50. The van der Waals surface area contributed by atoms with Gasteiger partial charge in [0.1, 0.15) is 0 Å². The fourth-order valence-electron chi connectivity index (χ4n) is 3.63. The summed E-state index contributed by atoms with van der Waals surface area (Å²) in [6.45, 7) is 2.71. The summed E-state index contributed by atoms with van der Waals surface area (Å²) in [6.07, 6.45) is 6.82. The number of hydrogen-bond acceptors (Lipinski definition) is 5. The van der Waals surface area contributed by atoms with Crippen LogP contribution in [-0.2, 0) is 17.9 Å². The summed E-state index contributed by atoms with van der Waals surface area (Å²) in [5.74, 6) is -0.835. The largest absolute Gasteiger partial charge is 0.334 e. The molecule has 7 heteroatoms. The highest BCUT2D eigenvalue weighted by Gasteiger charge is 2.35. The van der Waals surface area contributed by atoms with Crippen molar-refractivity contribution in [3.63, 3.8) is 0 Å². The Morgan fingerprint density at radius 1 is 0.903 bits per heavy atom. The molecule has 0 radical (unpaired) electrons. The van der Waals surface area contributed by atoms with Gasteiger partial charge in [0.05, 0.1) is 11.1 Å². The number of aromatic nitrogens is 2. The van der Waals surface area contributed by atoms with Crippen LogP contribution in [0.3, 0.4) is 0 Å². The molecule has 0 saturated heterocycles. The predicted molar refractivity (Wildman–Crippen MR) is 114 cm³/mol. The summed E-state index contributed by atoms with van der Waals surface area (Å²) in [5, 5.41) is 0. The zero-order valence-corrected chi connectivity index (χ0v) is 17.2. The van der Waals surface area contributed by atoms with E-state index in [9.17, 15) is 14.4 Å². The van der Waals surface area contributed by atoms with Crippen molar-refractivity contribution in [1.82, 2.24) is 19.8 Å². The third-order valence-corrected chi connectivity index (χ3v) is 5.25. The van der Waals surface area contributed by atoms with Gasteiger partial charge in [-0.05, 0) is 48.4 Å². The summed E-state index contributed by atoms with van der Waals surface area (Å²) in [7, 11) is 0. The second kappa shape index (κ2) is 8.87. The van der Waals surface area contributed by atoms with E-state index in [0.29, 0.717) is 24.2 Å². The fourth-order valence-corrected chi connectivity index (χ4v) is 3.63. The molecular formula is C24H22N4O3. The van der Waals surface area contributed by atoms with Crippen LogP contribution in [0.15, 0.2) is 67.3 Å². The lowest BCUT2D eigenvalue weighted by molar-refractivity contribution is -0.132. The van der Waals surface area contributed by atoms with Crippen LogP contribution in [0.25, 0.3) is 0 Å². The first-order valence-corrected chi connectivity index (χ1v) is 10.1. The number of hydrogen-bond donors (Lipinski definition) is 0. The lowest BCUT2D eigenvalue weighted by Crippen LogP contribution is -2.36. The van der Waals surface area contributed by atoms with Gasteiger partial charge in [-0.25, -0.2) is 0 Å². The van der Waals surface area contributed by atoms with E-state index in [1.165, 1.54) is 0 Å². The first kappa shape index (κ1) is 20.4. The zero-order chi connectivity index (χ0) is 21.8. The van der Waals surface area contributed by atoms with Crippen LogP contribution >= 0.6 is 0 Å². The quantitative estimate of drug-likeness (QED) is 0.555. The predicted octanol–water partition coefficient (Wildman–Crippen LogP) is 3.00. The minimum absolute atomic E-state index is 0.0457. The molecule has 0 N–H and O–H groups in total. The van der Waals surface area contributed by atoms with Crippen molar-refractivity contribution in [1.29, 1.82) is 0 Å². The van der Waals surface area contributed by atoms with Gasteiger partial charge in [-0.15, -0.1) is 0 Å². The fraction of sp³-hybridized carbons (Fsp3) is 0.208. The number of carbonyl (C=O) groups excluding carboxylic acids is 3. The van der Waals surface area contributed by atoms with E-state index in [4.69, 9.17) is 0 Å². The van der Waals surface area contributed by atoms with Crippen molar-refractivity contribution in [3.8, 4) is 0 Å². The Kier molecular flexibility index (Phi) is 5.84. The maximum atomic E-state index is 13.1. The van der Waals surface area contributed by atoms with Crippen molar-refractivity contribution in [3.05, 3.63) is 95.1 Å². The molecule has 156 valence electrons. The lowest BCUT2D eigenvalue weighted by atomic mass is 10.1. The van der Waals surface area contributed by atoms with E-state index in [1.807, 2.05) is 37.3 Å². The smallest absolute Gasteiger partial charge is 0.261 e. The SMILES string of the molecule is Cc1ccc2c(c1)C(=O)N(CCC(=O)N(Cc1ccncc1)Cc1cccnc1)C2=O. The average Bonchev–Trinajstić information content (AvgIpc) is 3.02. The molecule has 0 atom stereocenters. The minimum Gasteiger partial charge on any atom is -0.334 e. The molecule has 3 aromatic rings. The molecule has 3 amide bonds. The van der Waals surface area contributed by atoms with Crippen LogP contribution in [0, 0.1) is 6.92 Å². The van der Waals surface area contributed by atoms with Crippen molar-refractivity contribution in [2.45, 2.75) is 26.4 Å². The van der Waals surface area contributed by atoms with Gasteiger partial charge in [-0.2, -0.15) is 0 Å². The van der Waals surface area contributed by atoms with Crippen LogP contribution in [0.1, 0.15) is 43.8 Å². The number of nitrogens with zero attached hydrogens (tertiary/aromatic N) is 4. The molecule has 0 bridgehead atoms. The Hall–Kier alpha value is -3.87. The highest BCUT2D eigenvalue weighted by molar-refractivity contribution is 6.21. The van der Waals surface area contributed by atoms with Crippen molar-refractivity contribution >= 4 is 17.7 Å².